The van der Waals surface area contributed by atoms with Crippen LogP contribution in [0.25, 0.3) is 0 Å². The molecular formula is C18H27BrN2O3. The smallest absolute Gasteiger partial charge is 0.241 e. The average Bonchev–Trinajstić information content (AvgIpc) is 2.60. The van der Waals surface area contributed by atoms with Gasteiger partial charge in [-0.1, -0.05) is 19.3 Å². The second-order valence-corrected chi connectivity index (χ2v) is 6.39. The standard InChI is InChI=1S/C18H26N2O3.BrH/c1-22-15-10-12-8-9-19-17(14(12)11-16(15)23-2)18(21)20-13-6-4-3-5-7-13;/h10-11,13,17,19H,3-9H2,1-2H3,(H,20,21);1H. The lowest BCUT2D eigenvalue weighted by Gasteiger charge is -2.30. The van der Waals surface area contributed by atoms with Crippen LogP contribution in [0.1, 0.15) is 49.3 Å². The first-order valence-corrected chi connectivity index (χ1v) is 8.51. The molecular weight excluding hydrogens is 372 g/mol. The topological polar surface area (TPSA) is 59.6 Å². The summed E-state index contributed by atoms with van der Waals surface area (Å²) in [6.07, 6.45) is 6.79. The number of fused-ring (bicyclic) bond motifs is 1. The largest absolute Gasteiger partial charge is 0.493 e. The second kappa shape index (κ2) is 8.72. The Kier molecular flexibility index (Phi) is 6.92. The maximum Gasteiger partial charge on any atom is 0.241 e. The first kappa shape index (κ1) is 19.1. The van der Waals surface area contributed by atoms with Crippen molar-refractivity contribution in [1.29, 1.82) is 0 Å². The number of carbonyl (C=O) groups excluding carboxylic acids is 1. The summed E-state index contributed by atoms with van der Waals surface area (Å²) in [5, 5.41) is 6.57. The predicted molar refractivity (Wildman–Crippen MR) is 99.3 cm³/mol. The Morgan fingerprint density at radius 1 is 1.12 bits per heavy atom. The molecule has 24 heavy (non-hydrogen) atoms. The van der Waals surface area contributed by atoms with E-state index in [4.69, 9.17) is 9.47 Å². The summed E-state index contributed by atoms with van der Waals surface area (Å²) >= 11 is 0. The average molecular weight is 399 g/mol. The van der Waals surface area contributed by atoms with Crippen LogP contribution >= 0.6 is 17.0 Å². The van der Waals surface area contributed by atoms with Gasteiger partial charge in [0.25, 0.3) is 0 Å². The Hall–Kier alpha value is -1.27. The molecule has 2 aliphatic rings. The normalized spacial score (nSPS) is 20.5. The predicted octanol–water partition coefficient (Wildman–Crippen LogP) is 2.92. The Morgan fingerprint density at radius 3 is 2.46 bits per heavy atom. The van der Waals surface area contributed by atoms with Gasteiger partial charge in [-0.3, -0.25) is 4.79 Å². The highest BCUT2D eigenvalue weighted by Crippen LogP contribution is 2.35. The fraction of sp³-hybridized carbons (Fsp3) is 0.611. The molecule has 1 atom stereocenters. The van der Waals surface area contributed by atoms with Crippen molar-refractivity contribution in [2.75, 3.05) is 20.8 Å². The van der Waals surface area contributed by atoms with Gasteiger partial charge >= 0.3 is 0 Å². The molecule has 0 spiro atoms. The quantitative estimate of drug-likeness (QED) is 0.818. The van der Waals surface area contributed by atoms with Gasteiger partial charge < -0.3 is 20.1 Å². The van der Waals surface area contributed by atoms with Crippen molar-refractivity contribution in [2.24, 2.45) is 0 Å². The van der Waals surface area contributed by atoms with E-state index in [0.29, 0.717) is 11.8 Å². The molecule has 0 bridgehead atoms. The summed E-state index contributed by atoms with van der Waals surface area (Å²) in [7, 11) is 3.26. The van der Waals surface area contributed by atoms with E-state index in [1.165, 1.54) is 19.3 Å². The third-order valence-corrected chi connectivity index (χ3v) is 4.91. The van der Waals surface area contributed by atoms with Gasteiger partial charge in [0.2, 0.25) is 5.91 Å². The lowest BCUT2D eigenvalue weighted by Crippen LogP contribution is -2.45. The van der Waals surface area contributed by atoms with Crippen molar-refractivity contribution in [2.45, 2.75) is 50.6 Å². The van der Waals surface area contributed by atoms with Crippen molar-refractivity contribution in [3.05, 3.63) is 23.3 Å². The van der Waals surface area contributed by atoms with Crippen LogP contribution in [-0.4, -0.2) is 32.7 Å². The molecule has 1 saturated carbocycles. The van der Waals surface area contributed by atoms with Crippen LogP contribution in [0.15, 0.2) is 12.1 Å². The number of hydrogen-bond donors (Lipinski definition) is 2. The zero-order valence-electron chi connectivity index (χ0n) is 14.4. The number of rotatable bonds is 4. The van der Waals surface area contributed by atoms with Gasteiger partial charge in [0, 0.05) is 12.6 Å². The second-order valence-electron chi connectivity index (χ2n) is 6.39. The van der Waals surface area contributed by atoms with Crippen LogP contribution in [0.2, 0.25) is 0 Å². The van der Waals surface area contributed by atoms with Crippen LogP contribution in [0.3, 0.4) is 0 Å². The first-order chi connectivity index (χ1) is 11.2. The molecule has 1 amide bonds. The molecule has 1 unspecified atom stereocenters. The molecule has 0 radical (unpaired) electrons. The maximum absolute atomic E-state index is 12.7. The molecule has 3 rings (SSSR count). The minimum Gasteiger partial charge on any atom is -0.493 e. The van der Waals surface area contributed by atoms with Crippen molar-refractivity contribution in [3.8, 4) is 11.5 Å². The Morgan fingerprint density at radius 2 is 1.79 bits per heavy atom. The van der Waals surface area contributed by atoms with E-state index in [0.717, 1.165) is 42.7 Å². The van der Waals surface area contributed by atoms with E-state index in [2.05, 4.69) is 10.6 Å². The fourth-order valence-electron chi connectivity index (χ4n) is 3.65. The number of halogens is 1. The number of nitrogens with one attached hydrogen (secondary N) is 2. The zero-order chi connectivity index (χ0) is 16.2. The van der Waals surface area contributed by atoms with Gasteiger partial charge in [-0.25, -0.2) is 0 Å². The molecule has 1 fully saturated rings. The van der Waals surface area contributed by atoms with Crippen molar-refractivity contribution >= 4 is 22.9 Å². The summed E-state index contributed by atoms with van der Waals surface area (Å²) in [5.41, 5.74) is 2.16. The number of methoxy groups -OCH3 is 2. The third-order valence-electron chi connectivity index (χ3n) is 4.91. The molecule has 0 saturated heterocycles. The monoisotopic (exact) mass is 398 g/mol. The molecule has 2 N–H and O–H groups in total. The van der Waals surface area contributed by atoms with Crippen LogP contribution < -0.4 is 20.1 Å². The van der Waals surface area contributed by atoms with E-state index in [1.807, 2.05) is 12.1 Å². The summed E-state index contributed by atoms with van der Waals surface area (Å²) in [5.74, 6) is 1.47. The number of ether oxygens (including phenoxy) is 2. The van der Waals surface area contributed by atoms with E-state index < -0.39 is 0 Å². The number of amides is 1. The van der Waals surface area contributed by atoms with E-state index in [-0.39, 0.29) is 28.9 Å². The molecule has 5 nitrogen and oxygen atoms in total. The van der Waals surface area contributed by atoms with Crippen molar-refractivity contribution in [3.63, 3.8) is 0 Å². The van der Waals surface area contributed by atoms with Crippen LogP contribution in [0.4, 0.5) is 0 Å². The van der Waals surface area contributed by atoms with Gasteiger partial charge in [0.05, 0.1) is 14.2 Å². The highest BCUT2D eigenvalue weighted by molar-refractivity contribution is 8.93. The molecule has 1 heterocycles. The lowest BCUT2D eigenvalue weighted by atomic mass is 9.91. The van der Waals surface area contributed by atoms with E-state index >= 15 is 0 Å². The van der Waals surface area contributed by atoms with Crippen LogP contribution in [0, 0.1) is 0 Å². The van der Waals surface area contributed by atoms with Gasteiger partial charge in [0.1, 0.15) is 6.04 Å². The molecule has 1 aliphatic heterocycles. The van der Waals surface area contributed by atoms with Crippen molar-refractivity contribution in [1.82, 2.24) is 10.6 Å². The highest BCUT2D eigenvalue weighted by atomic mass is 79.9. The lowest BCUT2D eigenvalue weighted by molar-refractivity contribution is -0.124. The number of carbonyl (C=O) groups is 1. The molecule has 1 aliphatic carbocycles. The molecule has 0 aromatic heterocycles. The van der Waals surface area contributed by atoms with Gasteiger partial charge in [-0.05, 0) is 42.5 Å². The van der Waals surface area contributed by atoms with Gasteiger partial charge in [-0.15, -0.1) is 17.0 Å². The number of benzene rings is 1. The first-order valence-electron chi connectivity index (χ1n) is 8.51. The minimum atomic E-state index is -0.305. The zero-order valence-corrected chi connectivity index (χ0v) is 16.1. The van der Waals surface area contributed by atoms with Crippen LogP contribution in [0.5, 0.6) is 11.5 Å². The van der Waals surface area contributed by atoms with Gasteiger partial charge in [0.15, 0.2) is 11.5 Å². The van der Waals surface area contributed by atoms with Crippen molar-refractivity contribution < 1.29 is 14.3 Å². The SMILES string of the molecule is Br.COc1cc2c(cc1OC)C(C(=O)NC1CCCCC1)NCC2. The summed E-state index contributed by atoms with van der Waals surface area (Å²) in [6.45, 7) is 0.797. The molecule has 134 valence electrons. The third kappa shape index (κ3) is 4.03. The van der Waals surface area contributed by atoms with Gasteiger partial charge in [-0.2, -0.15) is 0 Å². The fourth-order valence-corrected chi connectivity index (χ4v) is 3.65. The summed E-state index contributed by atoms with van der Waals surface area (Å²) in [6, 6.07) is 3.95. The highest BCUT2D eigenvalue weighted by Gasteiger charge is 2.29. The molecule has 1 aromatic carbocycles. The minimum absolute atomic E-state index is 0. The number of hydrogen-bond acceptors (Lipinski definition) is 4. The van der Waals surface area contributed by atoms with Crippen LogP contribution in [-0.2, 0) is 11.2 Å². The van der Waals surface area contributed by atoms with E-state index in [1.54, 1.807) is 14.2 Å². The maximum atomic E-state index is 12.7. The Bertz CT molecular complexity index is 574. The Labute approximate surface area is 154 Å². The molecule has 6 heteroatoms. The van der Waals surface area contributed by atoms with E-state index in [9.17, 15) is 4.79 Å². The summed E-state index contributed by atoms with van der Waals surface area (Å²) in [4.78, 5) is 12.7. The Balaban J connectivity index is 0.00000208. The molecule has 1 aromatic rings. The summed E-state index contributed by atoms with van der Waals surface area (Å²) < 4.78 is 10.8.